The molecule has 0 unspecified atom stereocenters. The Morgan fingerprint density at radius 3 is 2.53 bits per heavy atom. The SMILES string of the molecule is CN(CC1(O)CCCC1)C(=O)C1CNC1. The van der Waals surface area contributed by atoms with Crippen molar-refractivity contribution in [2.75, 3.05) is 26.7 Å². The molecule has 15 heavy (non-hydrogen) atoms. The van der Waals surface area contributed by atoms with Crippen LogP contribution in [-0.2, 0) is 4.79 Å². The number of carbonyl (C=O) groups is 1. The van der Waals surface area contributed by atoms with E-state index in [1.165, 1.54) is 0 Å². The first-order chi connectivity index (χ1) is 7.11. The van der Waals surface area contributed by atoms with Gasteiger partial charge in [-0.05, 0) is 12.8 Å². The molecule has 1 saturated heterocycles. The summed E-state index contributed by atoms with van der Waals surface area (Å²) >= 11 is 0. The molecule has 1 aliphatic carbocycles. The van der Waals surface area contributed by atoms with Crippen LogP contribution in [0.25, 0.3) is 0 Å². The molecule has 4 nitrogen and oxygen atoms in total. The van der Waals surface area contributed by atoms with Crippen molar-refractivity contribution in [3.05, 3.63) is 0 Å². The maximum atomic E-state index is 11.8. The van der Waals surface area contributed by atoms with Gasteiger partial charge in [-0.3, -0.25) is 4.79 Å². The van der Waals surface area contributed by atoms with Gasteiger partial charge < -0.3 is 15.3 Å². The lowest BCUT2D eigenvalue weighted by molar-refractivity contribution is -0.139. The number of rotatable bonds is 3. The van der Waals surface area contributed by atoms with Gasteiger partial charge in [-0.1, -0.05) is 12.8 Å². The Balaban J connectivity index is 1.84. The smallest absolute Gasteiger partial charge is 0.228 e. The molecule has 2 fully saturated rings. The Bertz CT molecular complexity index is 245. The average Bonchev–Trinajstić information content (AvgIpc) is 2.48. The van der Waals surface area contributed by atoms with Crippen LogP contribution in [0.3, 0.4) is 0 Å². The lowest BCUT2D eigenvalue weighted by atomic mass is 9.98. The van der Waals surface area contributed by atoms with E-state index in [2.05, 4.69) is 5.32 Å². The topological polar surface area (TPSA) is 52.6 Å². The zero-order valence-corrected chi connectivity index (χ0v) is 9.33. The van der Waals surface area contributed by atoms with Gasteiger partial charge in [0.2, 0.25) is 5.91 Å². The average molecular weight is 212 g/mol. The van der Waals surface area contributed by atoms with E-state index >= 15 is 0 Å². The molecule has 1 saturated carbocycles. The van der Waals surface area contributed by atoms with Crippen LogP contribution in [0.15, 0.2) is 0 Å². The van der Waals surface area contributed by atoms with E-state index in [4.69, 9.17) is 0 Å². The molecule has 4 heteroatoms. The minimum Gasteiger partial charge on any atom is -0.388 e. The van der Waals surface area contributed by atoms with Gasteiger partial charge in [0.1, 0.15) is 0 Å². The van der Waals surface area contributed by atoms with E-state index in [-0.39, 0.29) is 11.8 Å². The van der Waals surface area contributed by atoms with Gasteiger partial charge in [0.15, 0.2) is 0 Å². The van der Waals surface area contributed by atoms with Crippen molar-refractivity contribution in [1.82, 2.24) is 10.2 Å². The Kier molecular flexibility index (Phi) is 2.98. The summed E-state index contributed by atoms with van der Waals surface area (Å²) in [6.45, 7) is 2.09. The molecule has 0 atom stereocenters. The maximum Gasteiger partial charge on any atom is 0.228 e. The molecule has 1 heterocycles. The fourth-order valence-electron chi connectivity index (χ4n) is 2.49. The van der Waals surface area contributed by atoms with Crippen molar-refractivity contribution in [2.45, 2.75) is 31.3 Å². The third kappa shape index (κ3) is 2.32. The molecule has 0 aromatic rings. The Morgan fingerprint density at radius 1 is 1.47 bits per heavy atom. The highest BCUT2D eigenvalue weighted by Crippen LogP contribution is 2.30. The van der Waals surface area contributed by atoms with Crippen LogP contribution >= 0.6 is 0 Å². The van der Waals surface area contributed by atoms with Gasteiger partial charge >= 0.3 is 0 Å². The second kappa shape index (κ2) is 4.10. The highest BCUT2D eigenvalue weighted by Gasteiger charge is 2.35. The molecule has 0 spiro atoms. The van der Waals surface area contributed by atoms with Gasteiger partial charge in [-0.15, -0.1) is 0 Å². The largest absolute Gasteiger partial charge is 0.388 e. The van der Waals surface area contributed by atoms with Gasteiger partial charge in [0, 0.05) is 26.7 Å². The molecule has 2 rings (SSSR count). The second-order valence-corrected chi connectivity index (χ2v) is 4.98. The zero-order valence-electron chi connectivity index (χ0n) is 9.33. The van der Waals surface area contributed by atoms with Crippen LogP contribution in [0.5, 0.6) is 0 Å². The third-order valence-electron chi connectivity index (χ3n) is 3.57. The molecule has 1 amide bonds. The summed E-state index contributed by atoms with van der Waals surface area (Å²) < 4.78 is 0. The first kappa shape index (κ1) is 10.9. The lowest BCUT2D eigenvalue weighted by Gasteiger charge is -2.34. The van der Waals surface area contributed by atoms with Crippen molar-refractivity contribution in [3.8, 4) is 0 Å². The molecule has 0 aromatic carbocycles. The molecule has 0 radical (unpaired) electrons. The summed E-state index contributed by atoms with van der Waals surface area (Å²) in [5, 5.41) is 13.3. The van der Waals surface area contributed by atoms with Crippen molar-refractivity contribution in [3.63, 3.8) is 0 Å². The maximum absolute atomic E-state index is 11.8. The standard InChI is InChI=1S/C11H20N2O2/c1-13(10(14)9-6-12-7-9)8-11(15)4-2-3-5-11/h9,12,15H,2-8H2,1H3. The van der Waals surface area contributed by atoms with E-state index in [0.717, 1.165) is 38.8 Å². The normalized spacial score (nSPS) is 24.9. The van der Waals surface area contributed by atoms with Crippen LogP contribution in [0, 0.1) is 5.92 Å². The summed E-state index contributed by atoms with van der Waals surface area (Å²) in [5.41, 5.74) is -0.610. The first-order valence-electron chi connectivity index (χ1n) is 5.79. The van der Waals surface area contributed by atoms with Crippen LogP contribution in [0.4, 0.5) is 0 Å². The number of hydrogen-bond donors (Lipinski definition) is 2. The summed E-state index contributed by atoms with van der Waals surface area (Å²) in [4.78, 5) is 13.5. The monoisotopic (exact) mass is 212 g/mol. The third-order valence-corrected chi connectivity index (χ3v) is 3.57. The number of carbonyl (C=O) groups excluding carboxylic acids is 1. The van der Waals surface area contributed by atoms with Crippen LogP contribution in [-0.4, -0.2) is 48.2 Å². The summed E-state index contributed by atoms with van der Waals surface area (Å²) in [5.74, 6) is 0.314. The lowest BCUT2D eigenvalue weighted by Crippen LogP contribution is -2.53. The summed E-state index contributed by atoms with van der Waals surface area (Å²) in [6.07, 6.45) is 3.86. The minimum atomic E-state index is -0.610. The number of hydrogen-bond acceptors (Lipinski definition) is 3. The van der Waals surface area contributed by atoms with E-state index in [0.29, 0.717) is 6.54 Å². The van der Waals surface area contributed by atoms with Crippen molar-refractivity contribution in [2.24, 2.45) is 5.92 Å². The number of amides is 1. The van der Waals surface area contributed by atoms with E-state index in [9.17, 15) is 9.90 Å². The van der Waals surface area contributed by atoms with Crippen LogP contribution < -0.4 is 5.32 Å². The first-order valence-corrected chi connectivity index (χ1v) is 5.79. The molecule has 0 bridgehead atoms. The Morgan fingerprint density at radius 2 is 2.07 bits per heavy atom. The second-order valence-electron chi connectivity index (χ2n) is 4.98. The predicted octanol–water partition coefficient (Wildman–Crippen LogP) is -0.0307. The van der Waals surface area contributed by atoms with E-state index < -0.39 is 5.60 Å². The number of likely N-dealkylation sites (N-methyl/N-ethyl adjacent to an activating group) is 1. The quantitative estimate of drug-likeness (QED) is 0.690. The fourth-order valence-corrected chi connectivity index (χ4v) is 2.49. The molecule has 2 aliphatic rings. The van der Waals surface area contributed by atoms with Crippen LogP contribution in [0.1, 0.15) is 25.7 Å². The van der Waals surface area contributed by atoms with E-state index in [1.807, 2.05) is 0 Å². The number of nitrogens with one attached hydrogen (secondary N) is 1. The molecular formula is C11H20N2O2. The molecule has 1 aliphatic heterocycles. The molecule has 2 N–H and O–H groups in total. The number of aliphatic hydroxyl groups is 1. The van der Waals surface area contributed by atoms with Gasteiger partial charge in [0.25, 0.3) is 0 Å². The molecular weight excluding hydrogens is 192 g/mol. The zero-order chi connectivity index (χ0) is 10.9. The van der Waals surface area contributed by atoms with Gasteiger partial charge in [-0.25, -0.2) is 0 Å². The molecule has 86 valence electrons. The van der Waals surface area contributed by atoms with Crippen molar-refractivity contribution < 1.29 is 9.90 Å². The highest BCUT2D eigenvalue weighted by molar-refractivity contribution is 5.80. The fraction of sp³-hybridized carbons (Fsp3) is 0.909. The highest BCUT2D eigenvalue weighted by atomic mass is 16.3. The Hall–Kier alpha value is -0.610. The predicted molar refractivity (Wildman–Crippen MR) is 57.4 cm³/mol. The minimum absolute atomic E-state index is 0.139. The van der Waals surface area contributed by atoms with Gasteiger partial charge in [-0.2, -0.15) is 0 Å². The van der Waals surface area contributed by atoms with Crippen molar-refractivity contribution in [1.29, 1.82) is 0 Å². The van der Waals surface area contributed by atoms with Crippen molar-refractivity contribution >= 4 is 5.91 Å². The van der Waals surface area contributed by atoms with Crippen LogP contribution in [0.2, 0.25) is 0 Å². The number of nitrogens with zero attached hydrogens (tertiary/aromatic N) is 1. The Labute approximate surface area is 90.6 Å². The van der Waals surface area contributed by atoms with Gasteiger partial charge in [0.05, 0.1) is 11.5 Å². The van der Waals surface area contributed by atoms with E-state index in [1.54, 1.807) is 11.9 Å². The summed E-state index contributed by atoms with van der Waals surface area (Å²) in [7, 11) is 1.80. The summed E-state index contributed by atoms with van der Waals surface area (Å²) in [6, 6.07) is 0. The molecule has 0 aromatic heterocycles.